The van der Waals surface area contributed by atoms with Crippen molar-refractivity contribution in [3.05, 3.63) is 59.7 Å². The highest BCUT2D eigenvalue weighted by Gasteiger charge is 2.20. The lowest BCUT2D eigenvalue weighted by Crippen LogP contribution is -2.25. The fourth-order valence-electron chi connectivity index (χ4n) is 1.91. The molecule has 0 fully saturated rings. The second kappa shape index (κ2) is 8.43. The third kappa shape index (κ3) is 4.67. The maximum atomic E-state index is 11.8. The lowest BCUT2D eigenvalue weighted by atomic mass is 10.2. The van der Waals surface area contributed by atoms with Crippen LogP contribution in [0, 0.1) is 0 Å². The van der Waals surface area contributed by atoms with Crippen molar-refractivity contribution in [2.24, 2.45) is 0 Å². The van der Waals surface area contributed by atoms with Gasteiger partial charge in [0.25, 0.3) is 0 Å². The van der Waals surface area contributed by atoms with Gasteiger partial charge in [0.05, 0.1) is 25.3 Å². The first-order chi connectivity index (χ1) is 12.4. The molecule has 2 rings (SSSR count). The molecule has 0 saturated carbocycles. The van der Waals surface area contributed by atoms with Crippen LogP contribution in [-0.4, -0.2) is 38.1 Å². The van der Waals surface area contributed by atoms with Crippen molar-refractivity contribution in [3.8, 4) is 11.5 Å². The first kappa shape index (κ1) is 18.7. The van der Waals surface area contributed by atoms with Crippen LogP contribution in [-0.2, 0) is 19.1 Å². The molecule has 8 heteroatoms. The second-order valence-corrected chi connectivity index (χ2v) is 4.82. The van der Waals surface area contributed by atoms with Crippen LogP contribution < -0.4 is 9.47 Å². The van der Waals surface area contributed by atoms with Gasteiger partial charge in [-0.1, -0.05) is 12.1 Å². The van der Waals surface area contributed by atoms with Crippen LogP contribution in [0.15, 0.2) is 48.5 Å². The summed E-state index contributed by atoms with van der Waals surface area (Å²) in [6.07, 6.45) is 0. The molecular formula is C18H14O8. The summed E-state index contributed by atoms with van der Waals surface area (Å²) >= 11 is 0. The zero-order valence-corrected chi connectivity index (χ0v) is 13.9. The maximum Gasteiger partial charge on any atom is 0.423 e. The number of methoxy groups -OCH3 is 2. The monoisotopic (exact) mass is 358 g/mol. The van der Waals surface area contributed by atoms with Crippen LogP contribution in [0.2, 0.25) is 0 Å². The number of benzene rings is 2. The van der Waals surface area contributed by atoms with E-state index >= 15 is 0 Å². The van der Waals surface area contributed by atoms with Crippen LogP contribution in [0.25, 0.3) is 0 Å². The number of rotatable bonds is 4. The standard InChI is InChI=1S/C18H14O8/c1-23-15(19)11-5-3-7-13(9-11)25-17(21)18(22)26-14-8-4-6-12(10-14)16(20)24-2/h3-10H,1-2H3. The lowest BCUT2D eigenvalue weighted by molar-refractivity contribution is -0.156. The first-order valence-electron chi connectivity index (χ1n) is 7.25. The number of ether oxygens (including phenoxy) is 4. The molecule has 0 aromatic heterocycles. The predicted octanol–water partition coefficient (Wildman–Crippen LogP) is 1.77. The van der Waals surface area contributed by atoms with E-state index in [1.807, 2.05) is 0 Å². The molecule has 0 atom stereocenters. The number of hydrogen-bond donors (Lipinski definition) is 0. The summed E-state index contributed by atoms with van der Waals surface area (Å²) in [6, 6.07) is 11.1. The minimum Gasteiger partial charge on any atom is -0.465 e. The lowest BCUT2D eigenvalue weighted by Gasteiger charge is -2.07. The molecule has 0 amide bonds. The van der Waals surface area contributed by atoms with E-state index in [0.717, 1.165) is 0 Å². The molecule has 26 heavy (non-hydrogen) atoms. The van der Waals surface area contributed by atoms with Crippen LogP contribution in [0.4, 0.5) is 0 Å². The fraction of sp³-hybridized carbons (Fsp3) is 0.111. The molecule has 0 radical (unpaired) electrons. The smallest absolute Gasteiger partial charge is 0.423 e. The summed E-state index contributed by atoms with van der Waals surface area (Å²) in [5.74, 6) is -3.89. The van der Waals surface area contributed by atoms with Crippen LogP contribution in [0.3, 0.4) is 0 Å². The van der Waals surface area contributed by atoms with E-state index in [1.165, 1.54) is 62.8 Å². The largest absolute Gasteiger partial charge is 0.465 e. The minimum absolute atomic E-state index is 0.0295. The molecule has 0 N–H and O–H groups in total. The van der Waals surface area contributed by atoms with Crippen molar-refractivity contribution < 1.29 is 38.1 Å². The van der Waals surface area contributed by atoms with Crippen molar-refractivity contribution >= 4 is 23.9 Å². The van der Waals surface area contributed by atoms with Crippen molar-refractivity contribution in [1.82, 2.24) is 0 Å². The third-order valence-electron chi connectivity index (χ3n) is 3.10. The van der Waals surface area contributed by atoms with Gasteiger partial charge < -0.3 is 18.9 Å². The Labute approximate surface area is 148 Å². The Kier molecular flexibility index (Phi) is 6.05. The molecule has 0 saturated heterocycles. The molecule has 0 aliphatic rings. The Morgan fingerprint density at radius 3 is 1.38 bits per heavy atom. The highest BCUT2D eigenvalue weighted by atomic mass is 16.6. The zero-order valence-electron chi connectivity index (χ0n) is 13.9. The van der Waals surface area contributed by atoms with E-state index in [1.54, 1.807) is 0 Å². The summed E-state index contributed by atoms with van der Waals surface area (Å²) in [7, 11) is 2.42. The number of carbonyl (C=O) groups is 4. The summed E-state index contributed by atoms with van der Waals surface area (Å²) < 4.78 is 18.8. The highest BCUT2D eigenvalue weighted by molar-refractivity contribution is 6.31. The fourth-order valence-corrected chi connectivity index (χ4v) is 1.91. The van der Waals surface area contributed by atoms with Gasteiger partial charge in [0, 0.05) is 0 Å². The van der Waals surface area contributed by atoms with E-state index in [4.69, 9.17) is 9.47 Å². The Bertz CT molecular complexity index is 784. The quantitative estimate of drug-likeness (QED) is 0.463. The summed E-state index contributed by atoms with van der Waals surface area (Å²) in [5, 5.41) is 0. The Hall–Kier alpha value is -3.68. The Morgan fingerprint density at radius 1 is 0.654 bits per heavy atom. The topological polar surface area (TPSA) is 105 Å². The predicted molar refractivity (Wildman–Crippen MR) is 86.8 cm³/mol. The zero-order chi connectivity index (χ0) is 19.1. The van der Waals surface area contributed by atoms with E-state index < -0.39 is 23.9 Å². The number of hydrogen-bond acceptors (Lipinski definition) is 8. The SMILES string of the molecule is COC(=O)c1cccc(OC(=O)C(=O)Oc2cccc(C(=O)OC)c2)c1. The molecule has 0 heterocycles. The summed E-state index contributed by atoms with van der Waals surface area (Å²) in [4.78, 5) is 46.6. The third-order valence-corrected chi connectivity index (χ3v) is 3.10. The average Bonchev–Trinajstić information content (AvgIpc) is 2.67. The number of esters is 4. The van der Waals surface area contributed by atoms with E-state index in [2.05, 4.69) is 9.47 Å². The molecule has 0 spiro atoms. The van der Waals surface area contributed by atoms with Crippen molar-refractivity contribution in [2.75, 3.05) is 14.2 Å². The maximum absolute atomic E-state index is 11.8. The highest BCUT2D eigenvalue weighted by Crippen LogP contribution is 2.17. The van der Waals surface area contributed by atoms with Gasteiger partial charge >= 0.3 is 23.9 Å². The molecule has 134 valence electrons. The molecule has 0 aliphatic carbocycles. The van der Waals surface area contributed by atoms with Gasteiger partial charge in [0.1, 0.15) is 11.5 Å². The van der Waals surface area contributed by atoms with Crippen molar-refractivity contribution in [3.63, 3.8) is 0 Å². The van der Waals surface area contributed by atoms with Gasteiger partial charge in [-0.3, -0.25) is 0 Å². The summed E-state index contributed by atoms with van der Waals surface area (Å²) in [6.45, 7) is 0. The molecule has 0 unspecified atom stereocenters. The first-order valence-corrected chi connectivity index (χ1v) is 7.25. The molecule has 8 nitrogen and oxygen atoms in total. The van der Waals surface area contributed by atoms with Crippen LogP contribution in [0.5, 0.6) is 11.5 Å². The molecule has 0 bridgehead atoms. The molecule has 0 aliphatic heterocycles. The molecular weight excluding hydrogens is 344 g/mol. The minimum atomic E-state index is -1.30. The normalized spacial score (nSPS) is 9.77. The number of carbonyl (C=O) groups excluding carboxylic acids is 4. The van der Waals surface area contributed by atoms with Gasteiger partial charge in [-0.2, -0.15) is 0 Å². The van der Waals surface area contributed by atoms with Crippen molar-refractivity contribution in [2.45, 2.75) is 0 Å². The van der Waals surface area contributed by atoms with Gasteiger partial charge in [0.2, 0.25) is 0 Å². The average molecular weight is 358 g/mol. The van der Waals surface area contributed by atoms with Gasteiger partial charge in [0.15, 0.2) is 0 Å². The Balaban J connectivity index is 2.05. The van der Waals surface area contributed by atoms with Crippen LogP contribution >= 0.6 is 0 Å². The van der Waals surface area contributed by atoms with Gasteiger partial charge in [-0.25, -0.2) is 19.2 Å². The molecule has 2 aromatic carbocycles. The van der Waals surface area contributed by atoms with Gasteiger partial charge in [-0.05, 0) is 36.4 Å². The van der Waals surface area contributed by atoms with E-state index in [-0.39, 0.29) is 22.6 Å². The molecule has 2 aromatic rings. The summed E-state index contributed by atoms with van der Waals surface area (Å²) in [5.41, 5.74) is 0.300. The van der Waals surface area contributed by atoms with E-state index in [0.29, 0.717) is 0 Å². The van der Waals surface area contributed by atoms with Crippen molar-refractivity contribution in [1.29, 1.82) is 0 Å². The Morgan fingerprint density at radius 2 is 1.04 bits per heavy atom. The van der Waals surface area contributed by atoms with E-state index in [9.17, 15) is 19.2 Å². The van der Waals surface area contributed by atoms with Gasteiger partial charge in [-0.15, -0.1) is 0 Å². The van der Waals surface area contributed by atoms with Crippen LogP contribution in [0.1, 0.15) is 20.7 Å². The second-order valence-electron chi connectivity index (χ2n) is 4.82.